The van der Waals surface area contributed by atoms with Crippen molar-refractivity contribution in [2.45, 2.75) is 32.2 Å². The second-order valence-corrected chi connectivity index (χ2v) is 10.2. The summed E-state index contributed by atoms with van der Waals surface area (Å²) in [5.74, 6) is 1.02. The molecule has 5 rings (SSSR count). The number of aryl methyl sites for hydroxylation is 1. The van der Waals surface area contributed by atoms with E-state index < -0.39 is 0 Å². The van der Waals surface area contributed by atoms with Crippen LogP contribution in [0.15, 0.2) is 76.7 Å². The molecule has 1 aliphatic heterocycles. The first-order valence-electron chi connectivity index (χ1n) is 12.0. The first kappa shape index (κ1) is 24.2. The molecule has 0 spiro atoms. The molecule has 0 atom stereocenters. The molecule has 4 aromatic rings. The van der Waals surface area contributed by atoms with E-state index in [1.807, 2.05) is 47.8 Å². The molecule has 184 valence electrons. The number of anilines is 1. The van der Waals surface area contributed by atoms with Crippen molar-refractivity contribution in [2.75, 3.05) is 18.4 Å². The molecule has 2 aromatic carbocycles. The predicted octanol–water partition coefficient (Wildman–Crippen LogP) is 6.22. The zero-order chi connectivity index (χ0) is 24.9. The van der Waals surface area contributed by atoms with Gasteiger partial charge in [0.15, 0.2) is 5.11 Å². The van der Waals surface area contributed by atoms with Gasteiger partial charge in [-0.25, -0.2) is 4.98 Å². The number of likely N-dealkylation sites (tertiary alicyclic amines) is 1. The number of nitrogens with zero attached hydrogens (tertiary/aromatic N) is 2. The molecule has 2 aromatic heterocycles. The van der Waals surface area contributed by atoms with Crippen molar-refractivity contribution in [1.29, 1.82) is 0 Å². The van der Waals surface area contributed by atoms with Gasteiger partial charge in [0.25, 0.3) is 5.91 Å². The number of thiocarbonyl (C=S) groups is 1. The fraction of sp³-hybridized carbons (Fsp3) is 0.250. The van der Waals surface area contributed by atoms with E-state index in [9.17, 15) is 4.79 Å². The number of thiazole rings is 1. The summed E-state index contributed by atoms with van der Waals surface area (Å²) in [5, 5.41) is 9.98. The number of carbonyl (C=O) groups is 1. The summed E-state index contributed by atoms with van der Waals surface area (Å²) in [5.41, 5.74) is 4.47. The van der Waals surface area contributed by atoms with Crippen molar-refractivity contribution in [3.05, 3.63) is 94.3 Å². The Morgan fingerprint density at radius 2 is 1.94 bits per heavy atom. The molecule has 36 heavy (non-hydrogen) atoms. The third-order valence-electron chi connectivity index (χ3n) is 6.39. The lowest BCUT2D eigenvalue weighted by Crippen LogP contribution is -2.43. The van der Waals surface area contributed by atoms with Crippen molar-refractivity contribution in [3.63, 3.8) is 0 Å². The topological polar surface area (TPSA) is 70.4 Å². The molecule has 0 unspecified atom stereocenters. The molecule has 6 nitrogen and oxygen atoms in total. The quantitative estimate of drug-likeness (QED) is 0.297. The van der Waals surface area contributed by atoms with Crippen LogP contribution in [-0.4, -0.2) is 34.0 Å². The number of aromatic nitrogens is 1. The van der Waals surface area contributed by atoms with E-state index in [1.165, 1.54) is 0 Å². The first-order chi connectivity index (χ1) is 17.6. The molecule has 2 N–H and O–H groups in total. The third kappa shape index (κ3) is 5.66. The molecule has 1 fully saturated rings. The highest BCUT2D eigenvalue weighted by Crippen LogP contribution is 2.32. The van der Waals surface area contributed by atoms with Crippen LogP contribution in [0, 0.1) is 6.92 Å². The molecule has 0 saturated carbocycles. The van der Waals surface area contributed by atoms with Crippen LogP contribution in [0.2, 0.25) is 0 Å². The van der Waals surface area contributed by atoms with E-state index >= 15 is 0 Å². The number of rotatable bonds is 6. The summed E-state index contributed by atoms with van der Waals surface area (Å²) in [6.07, 6.45) is 3.57. The lowest BCUT2D eigenvalue weighted by atomic mass is 9.98. The predicted molar refractivity (Wildman–Crippen MR) is 148 cm³/mol. The van der Waals surface area contributed by atoms with Crippen LogP contribution in [-0.2, 0) is 6.54 Å². The largest absolute Gasteiger partial charge is 0.467 e. The van der Waals surface area contributed by atoms with E-state index in [-0.39, 0.29) is 5.91 Å². The van der Waals surface area contributed by atoms with Crippen LogP contribution < -0.4 is 10.6 Å². The minimum absolute atomic E-state index is 0.181. The second kappa shape index (κ2) is 11.1. The zero-order valence-electron chi connectivity index (χ0n) is 20.1. The van der Waals surface area contributed by atoms with Crippen molar-refractivity contribution < 1.29 is 9.21 Å². The summed E-state index contributed by atoms with van der Waals surface area (Å²) < 4.78 is 5.36. The average molecular weight is 517 g/mol. The Kier molecular flexibility index (Phi) is 7.44. The summed E-state index contributed by atoms with van der Waals surface area (Å²) in [4.78, 5) is 20.0. The monoisotopic (exact) mass is 516 g/mol. The van der Waals surface area contributed by atoms with E-state index in [0.717, 1.165) is 64.2 Å². The SMILES string of the molecule is Cc1ccc(NC(=O)c2csc(C3CCN(C(=S)NCc4ccco4)CC3)n2)c(-c2ccccc2)c1. The molecular weight excluding hydrogens is 488 g/mol. The van der Waals surface area contributed by atoms with Gasteiger partial charge in [-0.3, -0.25) is 4.79 Å². The van der Waals surface area contributed by atoms with Gasteiger partial charge in [0.1, 0.15) is 11.5 Å². The van der Waals surface area contributed by atoms with E-state index in [1.54, 1.807) is 17.6 Å². The maximum atomic E-state index is 13.1. The van der Waals surface area contributed by atoms with Crippen LogP contribution in [0.25, 0.3) is 11.1 Å². The molecule has 0 aliphatic carbocycles. The molecule has 3 heterocycles. The summed E-state index contributed by atoms with van der Waals surface area (Å²) in [6, 6.07) is 20.0. The first-order valence-corrected chi connectivity index (χ1v) is 13.3. The van der Waals surface area contributed by atoms with E-state index in [4.69, 9.17) is 21.6 Å². The molecule has 8 heteroatoms. The minimum atomic E-state index is -0.181. The van der Waals surface area contributed by atoms with Gasteiger partial charge in [0.2, 0.25) is 0 Å². The van der Waals surface area contributed by atoms with Crippen molar-refractivity contribution in [3.8, 4) is 11.1 Å². The lowest BCUT2D eigenvalue weighted by Gasteiger charge is -2.33. The highest BCUT2D eigenvalue weighted by molar-refractivity contribution is 7.80. The fourth-order valence-corrected chi connectivity index (χ4v) is 5.63. The Balaban J connectivity index is 1.19. The number of furan rings is 1. The number of piperidine rings is 1. The smallest absolute Gasteiger partial charge is 0.275 e. The molecule has 0 bridgehead atoms. The fourth-order valence-electron chi connectivity index (χ4n) is 4.41. The Labute approximate surface area is 220 Å². The van der Waals surface area contributed by atoms with Gasteiger partial charge < -0.3 is 20.0 Å². The van der Waals surface area contributed by atoms with Crippen molar-refractivity contribution >= 4 is 40.3 Å². The van der Waals surface area contributed by atoms with Gasteiger partial charge >= 0.3 is 0 Å². The molecular formula is C28H28N4O2S2. The molecule has 1 aliphatic rings. The number of hydrogen-bond donors (Lipinski definition) is 2. The standard InChI is InChI=1S/C28H28N4O2S2/c1-19-9-10-24(23(16-19)20-6-3-2-4-7-20)30-26(33)25-18-36-27(31-25)21-11-13-32(14-12-21)28(35)29-17-22-8-5-15-34-22/h2-10,15-16,18,21H,11-14,17H2,1H3,(H,29,35)(H,30,33). The van der Waals surface area contributed by atoms with Crippen LogP contribution >= 0.6 is 23.6 Å². The average Bonchev–Trinajstić information content (AvgIpc) is 3.62. The maximum absolute atomic E-state index is 13.1. The highest BCUT2D eigenvalue weighted by atomic mass is 32.1. The molecule has 1 saturated heterocycles. The Bertz CT molecular complexity index is 1330. The van der Waals surface area contributed by atoms with Gasteiger partial charge in [0, 0.05) is 35.6 Å². The summed E-state index contributed by atoms with van der Waals surface area (Å²) >= 11 is 7.13. The van der Waals surface area contributed by atoms with Crippen LogP contribution in [0.5, 0.6) is 0 Å². The Morgan fingerprint density at radius 1 is 1.14 bits per heavy atom. The number of amides is 1. The number of hydrogen-bond acceptors (Lipinski definition) is 5. The summed E-state index contributed by atoms with van der Waals surface area (Å²) in [7, 11) is 0. The Morgan fingerprint density at radius 3 is 2.69 bits per heavy atom. The van der Waals surface area contributed by atoms with E-state index in [0.29, 0.717) is 18.2 Å². The number of carbonyl (C=O) groups excluding carboxylic acids is 1. The highest BCUT2D eigenvalue weighted by Gasteiger charge is 2.25. The molecule has 1 amide bonds. The number of benzene rings is 2. The maximum Gasteiger partial charge on any atom is 0.275 e. The minimum Gasteiger partial charge on any atom is -0.467 e. The molecule has 0 radical (unpaired) electrons. The second-order valence-electron chi connectivity index (χ2n) is 8.94. The van der Waals surface area contributed by atoms with Crippen LogP contribution in [0.3, 0.4) is 0 Å². The normalized spacial score (nSPS) is 14.0. The number of nitrogens with one attached hydrogen (secondary N) is 2. The van der Waals surface area contributed by atoms with Crippen molar-refractivity contribution in [2.24, 2.45) is 0 Å². The van der Waals surface area contributed by atoms with Crippen molar-refractivity contribution in [1.82, 2.24) is 15.2 Å². The van der Waals surface area contributed by atoms with Gasteiger partial charge in [-0.2, -0.15) is 0 Å². The third-order valence-corrected chi connectivity index (χ3v) is 7.80. The summed E-state index contributed by atoms with van der Waals surface area (Å²) in [6.45, 7) is 4.36. The van der Waals surface area contributed by atoms with Crippen LogP contribution in [0.1, 0.15) is 45.6 Å². The Hall–Kier alpha value is -3.49. The van der Waals surface area contributed by atoms with Gasteiger partial charge in [-0.05, 0) is 61.8 Å². The van der Waals surface area contributed by atoms with Gasteiger partial charge in [0.05, 0.1) is 17.8 Å². The zero-order valence-corrected chi connectivity index (χ0v) is 21.7. The van der Waals surface area contributed by atoms with Gasteiger partial charge in [-0.15, -0.1) is 11.3 Å². The van der Waals surface area contributed by atoms with Crippen LogP contribution in [0.4, 0.5) is 5.69 Å². The lowest BCUT2D eigenvalue weighted by molar-refractivity contribution is 0.102. The van der Waals surface area contributed by atoms with E-state index in [2.05, 4.69) is 40.7 Å². The van der Waals surface area contributed by atoms with Gasteiger partial charge in [-0.1, -0.05) is 42.0 Å².